The highest BCUT2D eigenvalue weighted by atomic mass is 14.0. The molecule has 1 unspecified atom stereocenters. The molecule has 0 aromatic heterocycles. The maximum atomic E-state index is 3.68. The lowest BCUT2D eigenvalue weighted by Gasteiger charge is -2.09. The number of rotatable bonds is 9. The van der Waals surface area contributed by atoms with Crippen molar-refractivity contribution >= 4 is 7.28 Å². The molecule has 14 heavy (non-hydrogen) atoms. The maximum Gasteiger partial charge on any atom is 0.129 e. The van der Waals surface area contributed by atoms with E-state index in [1.165, 1.54) is 52.1 Å². The van der Waals surface area contributed by atoms with Crippen LogP contribution in [-0.4, -0.2) is 7.28 Å². The van der Waals surface area contributed by atoms with Crippen LogP contribution < -0.4 is 0 Å². The molecule has 0 nitrogen and oxygen atoms in total. The predicted octanol–water partition coefficient (Wildman–Crippen LogP) is 4.35. The highest BCUT2D eigenvalue weighted by Gasteiger charge is 2.05. The van der Waals surface area contributed by atoms with E-state index >= 15 is 0 Å². The van der Waals surface area contributed by atoms with E-state index in [4.69, 9.17) is 0 Å². The summed E-state index contributed by atoms with van der Waals surface area (Å²) in [6.45, 7) is 8.20. The van der Waals surface area contributed by atoms with Gasteiger partial charge in [-0.1, -0.05) is 65.3 Å². The fourth-order valence-corrected chi connectivity index (χ4v) is 1.79. The van der Waals surface area contributed by atoms with Crippen LogP contribution in [-0.2, 0) is 0 Å². The molecule has 0 bridgehead atoms. The molecule has 0 saturated carbocycles. The van der Waals surface area contributed by atoms with Crippen LogP contribution in [0.2, 0.25) is 12.1 Å². The third-order valence-electron chi connectivity index (χ3n) is 2.71. The molecule has 0 amide bonds. The standard InChI is InChI=1S/C13H25B/c1-4-7-9-11-13(10-6-3)14-12-8-5-2/h10,13-14H,3-5,7-9,11-12H2,1-2H3. The van der Waals surface area contributed by atoms with Gasteiger partial charge in [0.15, 0.2) is 0 Å². The first-order chi connectivity index (χ1) is 6.85. The summed E-state index contributed by atoms with van der Waals surface area (Å²) in [6, 6.07) is 0. The second kappa shape index (κ2) is 10.7. The quantitative estimate of drug-likeness (QED) is 0.289. The zero-order chi connectivity index (χ0) is 10.6. The van der Waals surface area contributed by atoms with Crippen molar-refractivity contribution in [2.24, 2.45) is 0 Å². The van der Waals surface area contributed by atoms with Gasteiger partial charge in [0.25, 0.3) is 0 Å². The minimum absolute atomic E-state index is 0.741. The molecule has 80 valence electrons. The van der Waals surface area contributed by atoms with Crippen molar-refractivity contribution in [1.82, 2.24) is 0 Å². The van der Waals surface area contributed by atoms with E-state index in [0.717, 1.165) is 5.82 Å². The van der Waals surface area contributed by atoms with Crippen molar-refractivity contribution in [3.05, 3.63) is 18.4 Å². The molecule has 0 heterocycles. The zero-order valence-electron chi connectivity index (χ0n) is 10.0. The van der Waals surface area contributed by atoms with Gasteiger partial charge in [-0.3, -0.25) is 0 Å². The van der Waals surface area contributed by atoms with Gasteiger partial charge in [0.05, 0.1) is 0 Å². The molecule has 0 N–H and O–H groups in total. The Hall–Kier alpha value is -0.415. The second-order valence-corrected chi connectivity index (χ2v) is 4.12. The molecule has 0 radical (unpaired) electrons. The largest absolute Gasteiger partial charge is 0.134 e. The van der Waals surface area contributed by atoms with Gasteiger partial charge in [-0.15, -0.1) is 5.73 Å². The van der Waals surface area contributed by atoms with Gasteiger partial charge in [0, 0.05) is 0 Å². The monoisotopic (exact) mass is 192 g/mol. The first-order valence-corrected chi connectivity index (χ1v) is 6.21. The smallest absolute Gasteiger partial charge is 0.129 e. The van der Waals surface area contributed by atoms with E-state index in [1.54, 1.807) is 0 Å². The van der Waals surface area contributed by atoms with Crippen LogP contribution in [0.5, 0.6) is 0 Å². The summed E-state index contributed by atoms with van der Waals surface area (Å²) in [5.41, 5.74) is 2.95. The van der Waals surface area contributed by atoms with Crippen molar-refractivity contribution in [2.45, 2.75) is 64.5 Å². The lowest BCUT2D eigenvalue weighted by Crippen LogP contribution is -2.00. The van der Waals surface area contributed by atoms with E-state index in [0.29, 0.717) is 0 Å². The summed E-state index contributed by atoms with van der Waals surface area (Å²) < 4.78 is 0. The van der Waals surface area contributed by atoms with Crippen molar-refractivity contribution in [3.8, 4) is 0 Å². The van der Waals surface area contributed by atoms with E-state index in [-0.39, 0.29) is 0 Å². The fraction of sp³-hybridized carbons (Fsp3) is 0.769. The number of unbranched alkanes of at least 4 members (excludes halogenated alkanes) is 3. The number of hydrogen-bond acceptors (Lipinski definition) is 0. The third-order valence-corrected chi connectivity index (χ3v) is 2.71. The van der Waals surface area contributed by atoms with Crippen LogP contribution in [0.15, 0.2) is 18.4 Å². The molecule has 0 aliphatic carbocycles. The minimum atomic E-state index is 0.741. The average Bonchev–Trinajstić information content (AvgIpc) is 2.18. The molecule has 0 aliphatic heterocycles. The Morgan fingerprint density at radius 1 is 1.21 bits per heavy atom. The summed E-state index contributed by atoms with van der Waals surface area (Å²) in [5, 5.41) is 0. The van der Waals surface area contributed by atoms with Gasteiger partial charge >= 0.3 is 0 Å². The second-order valence-electron chi connectivity index (χ2n) is 4.12. The third kappa shape index (κ3) is 8.20. The molecule has 0 saturated heterocycles. The summed E-state index contributed by atoms with van der Waals surface area (Å²) in [7, 11) is 1.33. The van der Waals surface area contributed by atoms with E-state index < -0.39 is 0 Å². The molecule has 0 rings (SSSR count). The number of hydrogen-bond donors (Lipinski definition) is 0. The Kier molecular flexibility index (Phi) is 10.3. The molecular formula is C13H25B. The summed E-state index contributed by atoms with van der Waals surface area (Å²) in [5.74, 6) is 0.741. The fourth-order valence-electron chi connectivity index (χ4n) is 1.79. The highest BCUT2D eigenvalue weighted by Crippen LogP contribution is 2.18. The summed E-state index contributed by atoms with van der Waals surface area (Å²) in [4.78, 5) is 0. The molecule has 0 aromatic carbocycles. The average molecular weight is 192 g/mol. The molecule has 0 aliphatic rings. The van der Waals surface area contributed by atoms with Crippen molar-refractivity contribution in [1.29, 1.82) is 0 Å². The molecule has 0 fully saturated rings. The predicted molar refractivity (Wildman–Crippen MR) is 68.5 cm³/mol. The van der Waals surface area contributed by atoms with E-state index in [2.05, 4.69) is 32.2 Å². The van der Waals surface area contributed by atoms with Gasteiger partial charge in [-0.2, -0.15) is 0 Å². The van der Waals surface area contributed by atoms with Crippen LogP contribution in [0.4, 0.5) is 0 Å². The molecule has 1 heteroatoms. The summed E-state index contributed by atoms with van der Waals surface area (Å²) in [6.07, 6.45) is 11.6. The lowest BCUT2D eigenvalue weighted by atomic mass is 9.59. The van der Waals surface area contributed by atoms with Crippen molar-refractivity contribution in [3.63, 3.8) is 0 Å². The normalized spacial score (nSPS) is 11.9. The van der Waals surface area contributed by atoms with Gasteiger partial charge in [0.1, 0.15) is 7.28 Å². The van der Waals surface area contributed by atoms with Crippen LogP contribution in [0, 0.1) is 0 Å². The maximum absolute atomic E-state index is 3.68. The van der Waals surface area contributed by atoms with Gasteiger partial charge < -0.3 is 0 Å². The number of allylic oxidation sites excluding steroid dienone is 1. The minimum Gasteiger partial charge on any atom is -0.134 e. The Morgan fingerprint density at radius 2 is 1.93 bits per heavy atom. The Labute approximate surface area is 90.7 Å². The highest BCUT2D eigenvalue weighted by molar-refractivity contribution is 6.38. The van der Waals surface area contributed by atoms with Crippen LogP contribution in [0.1, 0.15) is 52.4 Å². The van der Waals surface area contributed by atoms with Crippen LogP contribution >= 0.6 is 0 Å². The van der Waals surface area contributed by atoms with E-state index in [9.17, 15) is 0 Å². The summed E-state index contributed by atoms with van der Waals surface area (Å²) >= 11 is 0. The molecule has 0 aromatic rings. The topological polar surface area (TPSA) is 0 Å². The van der Waals surface area contributed by atoms with Crippen LogP contribution in [0.3, 0.4) is 0 Å². The SMILES string of the molecule is C=C=CC(BCCCC)CCCCC. The van der Waals surface area contributed by atoms with Gasteiger partial charge in [-0.05, 0) is 11.9 Å². The molecule has 0 spiro atoms. The zero-order valence-corrected chi connectivity index (χ0v) is 10.0. The van der Waals surface area contributed by atoms with Crippen LogP contribution in [0.25, 0.3) is 0 Å². The molecular weight excluding hydrogens is 167 g/mol. The van der Waals surface area contributed by atoms with Crippen molar-refractivity contribution in [2.75, 3.05) is 0 Å². The Morgan fingerprint density at radius 3 is 2.50 bits per heavy atom. The lowest BCUT2D eigenvalue weighted by molar-refractivity contribution is 0.670. The van der Waals surface area contributed by atoms with E-state index in [1.807, 2.05) is 0 Å². The van der Waals surface area contributed by atoms with Gasteiger partial charge in [0.2, 0.25) is 0 Å². The van der Waals surface area contributed by atoms with Crippen molar-refractivity contribution < 1.29 is 0 Å². The first-order valence-electron chi connectivity index (χ1n) is 6.21. The van der Waals surface area contributed by atoms with Gasteiger partial charge in [-0.25, -0.2) is 0 Å². The first kappa shape index (κ1) is 13.6. The molecule has 1 atom stereocenters. The Balaban J connectivity index is 3.60. The Bertz CT molecular complexity index is 147.